The third kappa shape index (κ3) is 5.64. The van der Waals surface area contributed by atoms with E-state index < -0.39 is 29.7 Å². The van der Waals surface area contributed by atoms with Gasteiger partial charge in [0.1, 0.15) is 24.1 Å². The minimum atomic E-state index is -4.68. The van der Waals surface area contributed by atoms with Crippen molar-refractivity contribution in [2.45, 2.75) is 58.2 Å². The van der Waals surface area contributed by atoms with E-state index in [1.54, 1.807) is 10.8 Å². The van der Waals surface area contributed by atoms with E-state index in [0.717, 1.165) is 11.6 Å². The number of piperidine rings is 1. The van der Waals surface area contributed by atoms with E-state index in [4.69, 9.17) is 9.84 Å². The number of allylic oxidation sites excluding steroid dienone is 1. The fourth-order valence-corrected chi connectivity index (χ4v) is 5.48. The summed E-state index contributed by atoms with van der Waals surface area (Å²) in [6.07, 6.45) is 0.793. The third-order valence-electron chi connectivity index (χ3n) is 7.75. The Kier molecular flexibility index (Phi) is 8.11. The number of likely N-dealkylation sites (tertiary alicyclic amines) is 1. The van der Waals surface area contributed by atoms with Crippen molar-refractivity contribution in [3.8, 4) is 0 Å². The molecule has 1 aromatic carbocycles. The van der Waals surface area contributed by atoms with Crippen molar-refractivity contribution in [1.29, 1.82) is 0 Å². The number of aliphatic imine (C=N–C) groups is 2. The van der Waals surface area contributed by atoms with E-state index in [1.807, 2.05) is 18.7 Å². The number of rotatable bonds is 7. The molecule has 4 heterocycles. The number of fused-ring (bicyclic) bond motifs is 1. The van der Waals surface area contributed by atoms with Gasteiger partial charge in [0.25, 0.3) is 5.90 Å². The van der Waals surface area contributed by atoms with E-state index in [9.17, 15) is 22.4 Å². The van der Waals surface area contributed by atoms with Gasteiger partial charge < -0.3 is 24.6 Å². The molecule has 0 spiro atoms. The van der Waals surface area contributed by atoms with Crippen LogP contribution in [0.5, 0.6) is 0 Å². The van der Waals surface area contributed by atoms with Crippen molar-refractivity contribution >= 4 is 35.3 Å². The number of carboxylic acid groups (broad SMARTS) is 1. The highest BCUT2D eigenvalue weighted by molar-refractivity contribution is 5.91. The number of alkyl halides is 3. The molecule has 0 atom stereocenters. The number of hydrogen-bond donors (Lipinski definition) is 2. The number of benzene rings is 1. The lowest BCUT2D eigenvalue weighted by Gasteiger charge is -2.36. The maximum absolute atomic E-state index is 15.7. The SMILES string of the molecule is CCC1=C(Nc2ccc(C(=O)O)cc2F)c2c(F)cn(C3CCN(C4=C(CC)COC(C(F)(F)F)=N4)CC3)c2N=CC1. The second kappa shape index (κ2) is 11.6. The quantitative estimate of drug-likeness (QED) is 0.337. The molecular weight excluding hydrogens is 561 g/mol. The molecule has 0 aliphatic carbocycles. The fourth-order valence-electron chi connectivity index (χ4n) is 5.48. The molecule has 2 aromatic rings. The van der Waals surface area contributed by atoms with Crippen LogP contribution in [0.3, 0.4) is 0 Å². The highest BCUT2D eigenvalue weighted by Crippen LogP contribution is 2.41. The summed E-state index contributed by atoms with van der Waals surface area (Å²) in [5.74, 6) is -3.22. The van der Waals surface area contributed by atoms with Crippen LogP contribution in [0.1, 0.15) is 67.9 Å². The molecule has 0 radical (unpaired) electrons. The molecule has 13 heteroatoms. The average Bonchev–Trinajstić information content (AvgIpc) is 3.17. The molecule has 1 aromatic heterocycles. The van der Waals surface area contributed by atoms with Crippen LogP contribution in [0.2, 0.25) is 0 Å². The van der Waals surface area contributed by atoms with Gasteiger partial charge in [-0.05, 0) is 49.5 Å². The van der Waals surface area contributed by atoms with Crippen LogP contribution < -0.4 is 5.32 Å². The van der Waals surface area contributed by atoms with Crippen LogP contribution >= 0.6 is 0 Å². The summed E-state index contributed by atoms with van der Waals surface area (Å²) in [5, 5.41) is 12.2. The van der Waals surface area contributed by atoms with Crippen molar-refractivity contribution in [3.63, 3.8) is 0 Å². The monoisotopic (exact) mass is 591 g/mol. The third-order valence-corrected chi connectivity index (χ3v) is 7.75. The molecule has 8 nitrogen and oxygen atoms in total. The Morgan fingerprint density at radius 3 is 2.45 bits per heavy atom. The summed E-state index contributed by atoms with van der Waals surface area (Å²) in [7, 11) is 0. The van der Waals surface area contributed by atoms with Crippen LogP contribution in [0, 0.1) is 11.6 Å². The zero-order valence-electron chi connectivity index (χ0n) is 23.1. The minimum absolute atomic E-state index is 0.00417. The number of aromatic carboxylic acids is 1. The first-order chi connectivity index (χ1) is 20.0. The average molecular weight is 592 g/mol. The summed E-state index contributed by atoms with van der Waals surface area (Å²) in [5.41, 5.74) is 1.83. The van der Waals surface area contributed by atoms with Gasteiger partial charge in [0.15, 0.2) is 5.82 Å². The van der Waals surface area contributed by atoms with Gasteiger partial charge in [-0.25, -0.2) is 18.6 Å². The largest absolute Gasteiger partial charge is 0.478 e. The molecular formula is C29H30F5N5O3. The van der Waals surface area contributed by atoms with Gasteiger partial charge >= 0.3 is 12.1 Å². The molecule has 42 heavy (non-hydrogen) atoms. The second-order valence-electron chi connectivity index (χ2n) is 10.3. The Morgan fingerprint density at radius 2 is 1.83 bits per heavy atom. The number of nitrogens with zero attached hydrogens (tertiary/aromatic N) is 4. The first-order valence-electron chi connectivity index (χ1n) is 13.7. The highest BCUT2D eigenvalue weighted by atomic mass is 19.4. The molecule has 0 saturated carbocycles. The van der Waals surface area contributed by atoms with Crippen LogP contribution in [-0.4, -0.2) is 58.5 Å². The second-order valence-corrected chi connectivity index (χ2v) is 10.3. The molecule has 1 saturated heterocycles. The van der Waals surface area contributed by atoms with Gasteiger partial charge in [0, 0.05) is 43.5 Å². The number of hydrogen-bond acceptors (Lipinski definition) is 6. The number of nitrogens with one attached hydrogen (secondary N) is 1. The van der Waals surface area contributed by atoms with E-state index in [-0.39, 0.29) is 35.3 Å². The van der Waals surface area contributed by atoms with Crippen molar-refractivity contribution in [2.24, 2.45) is 9.98 Å². The summed E-state index contributed by atoms with van der Waals surface area (Å²) in [6.45, 7) is 4.37. The topological polar surface area (TPSA) is 91.5 Å². The predicted molar refractivity (Wildman–Crippen MR) is 148 cm³/mol. The summed E-state index contributed by atoms with van der Waals surface area (Å²) < 4.78 is 77.0. The normalized spacial score (nSPS) is 18.1. The lowest BCUT2D eigenvalue weighted by atomic mass is 10.0. The fraction of sp³-hybridized carbons (Fsp3) is 0.414. The van der Waals surface area contributed by atoms with Crippen molar-refractivity contribution in [1.82, 2.24) is 9.47 Å². The van der Waals surface area contributed by atoms with Gasteiger partial charge in [0.2, 0.25) is 0 Å². The highest BCUT2D eigenvalue weighted by Gasteiger charge is 2.41. The Balaban J connectivity index is 1.42. The van der Waals surface area contributed by atoms with Crippen LogP contribution in [0.4, 0.5) is 33.5 Å². The smallest absolute Gasteiger partial charge is 0.468 e. The van der Waals surface area contributed by atoms with E-state index in [0.29, 0.717) is 62.3 Å². The number of aromatic nitrogens is 1. The zero-order valence-corrected chi connectivity index (χ0v) is 23.1. The van der Waals surface area contributed by atoms with Gasteiger partial charge in [-0.3, -0.25) is 0 Å². The summed E-state index contributed by atoms with van der Waals surface area (Å²) in [6, 6.07) is 3.28. The lowest BCUT2D eigenvalue weighted by Crippen LogP contribution is -2.38. The first-order valence-corrected chi connectivity index (χ1v) is 13.7. The van der Waals surface area contributed by atoms with E-state index >= 15 is 4.39 Å². The maximum Gasteiger partial charge on any atom is 0.468 e. The Labute approximate surface area is 238 Å². The van der Waals surface area contributed by atoms with Gasteiger partial charge in [-0.2, -0.15) is 18.2 Å². The number of carboxylic acids is 1. The summed E-state index contributed by atoms with van der Waals surface area (Å²) in [4.78, 5) is 21.4. The molecule has 3 aliphatic heterocycles. The number of carbonyl (C=O) groups is 1. The van der Waals surface area contributed by atoms with E-state index in [2.05, 4.69) is 15.3 Å². The molecule has 2 N–H and O–H groups in total. The standard InChI is InChI=1S/C29H30F5N5O3/c1-3-16-7-10-35-26-23(24(16)36-22-6-5-18(27(40)41)13-20(22)30)21(31)14-39(26)19-8-11-38(12-9-19)25-17(4-2)15-42-28(37-25)29(32,33)34/h5-6,10,13-14,19,36H,3-4,7-9,11-12,15H2,1-2H3,(H,40,41). The maximum atomic E-state index is 15.7. The molecule has 1 fully saturated rings. The lowest BCUT2D eigenvalue weighted by molar-refractivity contribution is -0.0784. The molecule has 224 valence electrons. The summed E-state index contributed by atoms with van der Waals surface area (Å²) >= 11 is 0. The number of anilines is 1. The minimum Gasteiger partial charge on any atom is -0.478 e. The molecule has 0 amide bonds. The number of ether oxygens (including phenoxy) is 1. The molecule has 0 unspecified atom stereocenters. The zero-order chi connectivity index (χ0) is 30.2. The predicted octanol–water partition coefficient (Wildman–Crippen LogP) is 7.05. The van der Waals surface area contributed by atoms with Gasteiger partial charge in [0.05, 0.1) is 22.5 Å². The van der Waals surface area contributed by atoms with Crippen molar-refractivity contribution in [3.05, 3.63) is 64.1 Å². The van der Waals surface area contributed by atoms with Crippen molar-refractivity contribution in [2.75, 3.05) is 25.0 Å². The Morgan fingerprint density at radius 1 is 1.12 bits per heavy atom. The molecule has 0 bridgehead atoms. The first kappa shape index (κ1) is 29.3. The van der Waals surface area contributed by atoms with Crippen LogP contribution in [0.15, 0.2) is 51.3 Å². The van der Waals surface area contributed by atoms with Gasteiger partial charge in [-0.1, -0.05) is 13.8 Å². The Bertz CT molecular complexity index is 1510. The number of halogens is 5. The van der Waals surface area contributed by atoms with Crippen LogP contribution in [-0.2, 0) is 4.74 Å². The Hall–Kier alpha value is -4.16. The van der Waals surface area contributed by atoms with Crippen molar-refractivity contribution < 1.29 is 36.6 Å². The molecule has 5 rings (SSSR count). The van der Waals surface area contributed by atoms with Crippen LogP contribution in [0.25, 0.3) is 5.70 Å². The van der Waals surface area contributed by atoms with Gasteiger partial charge in [-0.15, -0.1) is 0 Å². The molecule has 3 aliphatic rings. The van der Waals surface area contributed by atoms with E-state index in [1.165, 1.54) is 18.3 Å².